The van der Waals surface area contributed by atoms with Crippen molar-refractivity contribution in [2.24, 2.45) is 0 Å². The van der Waals surface area contributed by atoms with Crippen molar-refractivity contribution in [2.45, 2.75) is 20.0 Å². The second-order valence-electron chi connectivity index (χ2n) is 8.32. The number of nitrogens with one attached hydrogen (secondary N) is 1. The molecule has 4 rings (SSSR count). The van der Waals surface area contributed by atoms with Crippen LogP contribution in [0.15, 0.2) is 89.4 Å². The fourth-order valence-corrected chi connectivity index (χ4v) is 4.02. The molecule has 37 heavy (non-hydrogen) atoms. The monoisotopic (exact) mass is 561 g/mol. The van der Waals surface area contributed by atoms with Crippen LogP contribution in [0.2, 0.25) is 0 Å². The standard InChI is InChI=1S/C29H28BrN3O4/c1-20-17-26(35-2)27(28(31-20)36-3)32-29(34)33(18-21-7-5-4-6-8-21)19-22-9-13-24(14-10-22)37-25-15-11-23(30)12-16-25/h4-17H,18-19H2,1-3H3,(H,32,34). The van der Waals surface area contributed by atoms with E-state index in [1.165, 1.54) is 7.11 Å². The number of carbonyl (C=O) groups excluding carboxylic acids is 1. The fourth-order valence-electron chi connectivity index (χ4n) is 3.75. The lowest BCUT2D eigenvalue weighted by Gasteiger charge is -2.24. The molecule has 4 aromatic rings. The van der Waals surface area contributed by atoms with Crippen molar-refractivity contribution in [1.82, 2.24) is 9.88 Å². The van der Waals surface area contributed by atoms with E-state index in [2.05, 4.69) is 26.2 Å². The lowest BCUT2D eigenvalue weighted by molar-refractivity contribution is 0.206. The molecule has 0 radical (unpaired) electrons. The highest BCUT2D eigenvalue weighted by atomic mass is 79.9. The smallest absolute Gasteiger partial charge is 0.322 e. The summed E-state index contributed by atoms with van der Waals surface area (Å²) in [7, 11) is 3.06. The Hall–Kier alpha value is -4.04. The van der Waals surface area contributed by atoms with Gasteiger partial charge in [0.1, 0.15) is 22.9 Å². The van der Waals surface area contributed by atoms with Gasteiger partial charge in [-0.2, -0.15) is 0 Å². The first-order valence-electron chi connectivity index (χ1n) is 11.7. The molecule has 0 unspecified atom stereocenters. The predicted octanol–water partition coefficient (Wildman–Crippen LogP) is 7.20. The van der Waals surface area contributed by atoms with E-state index in [9.17, 15) is 4.79 Å². The molecular weight excluding hydrogens is 534 g/mol. The van der Waals surface area contributed by atoms with Gasteiger partial charge in [-0.25, -0.2) is 9.78 Å². The van der Waals surface area contributed by atoms with E-state index < -0.39 is 0 Å². The van der Waals surface area contributed by atoms with Gasteiger partial charge in [0.2, 0.25) is 5.88 Å². The number of carbonyl (C=O) groups is 1. The number of rotatable bonds is 9. The average Bonchev–Trinajstić information content (AvgIpc) is 2.91. The van der Waals surface area contributed by atoms with Gasteiger partial charge in [0.05, 0.1) is 14.2 Å². The Labute approximate surface area is 225 Å². The lowest BCUT2D eigenvalue weighted by Crippen LogP contribution is -2.34. The van der Waals surface area contributed by atoms with Crippen LogP contribution in [0, 0.1) is 6.92 Å². The van der Waals surface area contributed by atoms with Gasteiger partial charge in [0.15, 0.2) is 0 Å². The van der Waals surface area contributed by atoms with Crippen molar-refractivity contribution < 1.29 is 19.0 Å². The van der Waals surface area contributed by atoms with Crippen molar-refractivity contribution in [3.05, 3.63) is 106 Å². The van der Waals surface area contributed by atoms with Gasteiger partial charge >= 0.3 is 6.03 Å². The number of aryl methyl sites for hydroxylation is 1. The van der Waals surface area contributed by atoms with Crippen LogP contribution in [0.1, 0.15) is 16.8 Å². The summed E-state index contributed by atoms with van der Waals surface area (Å²) in [6.07, 6.45) is 0. The van der Waals surface area contributed by atoms with E-state index >= 15 is 0 Å². The summed E-state index contributed by atoms with van der Waals surface area (Å²) in [5.41, 5.74) is 3.07. The van der Waals surface area contributed by atoms with Crippen LogP contribution in [0.5, 0.6) is 23.1 Å². The van der Waals surface area contributed by atoms with Gasteiger partial charge in [-0.15, -0.1) is 0 Å². The highest BCUT2D eigenvalue weighted by Crippen LogP contribution is 2.34. The Bertz CT molecular complexity index is 1300. The first kappa shape index (κ1) is 26.0. The Morgan fingerprint density at radius 2 is 1.46 bits per heavy atom. The number of anilines is 1. The zero-order chi connectivity index (χ0) is 26.2. The Morgan fingerprint density at radius 1 is 0.865 bits per heavy atom. The number of aromatic nitrogens is 1. The van der Waals surface area contributed by atoms with Gasteiger partial charge in [-0.05, 0) is 54.4 Å². The van der Waals surface area contributed by atoms with Crippen molar-refractivity contribution in [2.75, 3.05) is 19.5 Å². The van der Waals surface area contributed by atoms with Crippen molar-refractivity contribution >= 4 is 27.6 Å². The van der Waals surface area contributed by atoms with Crippen molar-refractivity contribution in [1.29, 1.82) is 0 Å². The van der Waals surface area contributed by atoms with Crippen LogP contribution in [-0.2, 0) is 13.1 Å². The molecule has 8 heteroatoms. The highest BCUT2D eigenvalue weighted by Gasteiger charge is 2.21. The number of ether oxygens (including phenoxy) is 3. The number of amides is 2. The van der Waals surface area contributed by atoms with Crippen LogP contribution in [0.25, 0.3) is 0 Å². The molecule has 2 amide bonds. The lowest BCUT2D eigenvalue weighted by atomic mass is 10.1. The molecule has 0 aliphatic heterocycles. The van der Waals surface area contributed by atoms with E-state index in [1.807, 2.05) is 85.8 Å². The number of urea groups is 1. The Morgan fingerprint density at radius 3 is 2.05 bits per heavy atom. The molecule has 0 aliphatic carbocycles. The largest absolute Gasteiger partial charge is 0.494 e. The zero-order valence-electron chi connectivity index (χ0n) is 20.9. The maximum atomic E-state index is 13.5. The summed E-state index contributed by atoms with van der Waals surface area (Å²) in [4.78, 5) is 19.6. The number of benzene rings is 3. The zero-order valence-corrected chi connectivity index (χ0v) is 22.5. The molecule has 0 spiro atoms. The van der Waals surface area contributed by atoms with E-state index in [-0.39, 0.29) is 6.03 Å². The second kappa shape index (κ2) is 12.3. The minimum atomic E-state index is -0.304. The van der Waals surface area contributed by atoms with Crippen LogP contribution in [0.4, 0.5) is 10.5 Å². The van der Waals surface area contributed by atoms with E-state index in [0.29, 0.717) is 36.2 Å². The average molecular weight is 562 g/mol. The molecule has 0 fully saturated rings. The SMILES string of the molecule is COc1cc(C)nc(OC)c1NC(=O)N(Cc1ccccc1)Cc1ccc(Oc2ccc(Br)cc2)cc1. The third-order valence-corrected chi connectivity index (χ3v) is 6.10. The van der Waals surface area contributed by atoms with Crippen LogP contribution >= 0.6 is 15.9 Å². The molecule has 0 atom stereocenters. The summed E-state index contributed by atoms with van der Waals surface area (Å²) < 4.78 is 17.8. The van der Waals surface area contributed by atoms with Crippen molar-refractivity contribution in [3.63, 3.8) is 0 Å². The van der Waals surface area contributed by atoms with Gasteiger partial charge in [-0.3, -0.25) is 5.32 Å². The van der Waals surface area contributed by atoms with Gasteiger partial charge in [0, 0.05) is 29.3 Å². The van der Waals surface area contributed by atoms with E-state index in [1.54, 1.807) is 18.1 Å². The summed E-state index contributed by atoms with van der Waals surface area (Å²) in [5, 5.41) is 2.94. The molecule has 0 saturated carbocycles. The maximum Gasteiger partial charge on any atom is 0.322 e. The number of nitrogens with zero attached hydrogens (tertiary/aromatic N) is 2. The number of hydrogen-bond acceptors (Lipinski definition) is 5. The molecule has 7 nitrogen and oxygen atoms in total. The van der Waals surface area contributed by atoms with Gasteiger partial charge in [-0.1, -0.05) is 58.4 Å². The van der Waals surface area contributed by atoms with Crippen molar-refractivity contribution in [3.8, 4) is 23.1 Å². The molecule has 0 bridgehead atoms. The van der Waals surface area contributed by atoms with Gasteiger partial charge < -0.3 is 19.1 Å². The summed E-state index contributed by atoms with van der Waals surface area (Å²) in [6, 6.07) is 26.6. The molecular formula is C29H28BrN3O4. The van der Waals surface area contributed by atoms with Crippen LogP contribution < -0.4 is 19.5 Å². The number of halogens is 1. The Kier molecular flexibility index (Phi) is 8.64. The van der Waals surface area contributed by atoms with E-state index in [0.717, 1.165) is 27.0 Å². The molecule has 1 heterocycles. The third kappa shape index (κ3) is 7.01. The summed E-state index contributed by atoms with van der Waals surface area (Å²) in [5.74, 6) is 2.23. The first-order chi connectivity index (χ1) is 17.9. The quantitative estimate of drug-likeness (QED) is 0.234. The summed E-state index contributed by atoms with van der Waals surface area (Å²) >= 11 is 3.43. The molecule has 0 saturated heterocycles. The number of pyridine rings is 1. The van der Waals surface area contributed by atoms with E-state index in [4.69, 9.17) is 14.2 Å². The normalized spacial score (nSPS) is 10.5. The second-order valence-corrected chi connectivity index (χ2v) is 9.24. The third-order valence-electron chi connectivity index (χ3n) is 5.57. The fraction of sp³-hybridized carbons (Fsp3) is 0.172. The molecule has 3 aromatic carbocycles. The number of methoxy groups -OCH3 is 2. The van der Waals surface area contributed by atoms with Gasteiger partial charge in [0.25, 0.3) is 0 Å². The predicted molar refractivity (Wildman–Crippen MR) is 147 cm³/mol. The maximum absolute atomic E-state index is 13.5. The Balaban J connectivity index is 1.54. The van der Waals surface area contributed by atoms with Crippen LogP contribution in [-0.4, -0.2) is 30.1 Å². The molecule has 1 aromatic heterocycles. The minimum absolute atomic E-state index is 0.291. The molecule has 0 aliphatic rings. The summed E-state index contributed by atoms with van der Waals surface area (Å²) in [6.45, 7) is 2.62. The highest BCUT2D eigenvalue weighted by molar-refractivity contribution is 9.10. The first-order valence-corrected chi connectivity index (χ1v) is 12.5. The number of hydrogen-bond donors (Lipinski definition) is 1. The minimum Gasteiger partial charge on any atom is -0.494 e. The molecule has 1 N–H and O–H groups in total. The molecule has 190 valence electrons. The topological polar surface area (TPSA) is 72.9 Å². The van der Waals surface area contributed by atoms with Crippen LogP contribution in [0.3, 0.4) is 0 Å².